The number of rotatable bonds is 7. The topological polar surface area (TPSA) is 17.1 Å². The van der Waals surface area contributed by atoms with Gasteiger partial charge in [0.15, 0.2) is 5.78 Å². The quantitative estimate of drug-likeness (QED) is 0.421. The molecule has 0 aliphatic heterocycles. The van der Waals surface area contributed by atoms with E-state index in [2.05, 4.69) is 55.5 Å². The van der Waals surface area contributed by atoms with Crippen LogP contribution >= 0.6 is 6.89 Å². The van der Waals surface area contributed by atoms with Crippen LogP contribution in [0.25, 0.3) is 0 Å². The van der Waals surface area contributed by atoms with Gasteiger partial charge in [0, 0.05) is 5.56 Å². The van der Waals surface area contributed by atoms with Gasteiger partial charge < -0.3 is 0 Å². The third kappa shape index (κ3) is 4.06. The predicted octanol–water partition coefficient (Wildman–Crippen LogP) is 5.14. The average molecular weight is 360 g/mol. The van der Waals surface area contributed by atoms with E-state index in [1.165, 1.54) is 10.6 Å². The fraction of sp³-hybridized carbons (Fsp3) is 0.167. The van der Waals surface area contributed by atoms with E-state index in [9.17, 15) is 4.79 Å². The van der Waals surface area contributed by atoms with E-state index in [-0.39, 0.29) is 5.78 Å². The molecule has 0 heterocycles. The van der Waals surface area contributed by atoms with Crippen LogP contribution in [0.5, 0.6) is 0 Å². The van der Waals surface area contributed by atoms with E-state index in [4.69, 9.17) is 0 Å². The lowest BCUT2D eigenvalue weighted by molar-refractivity contribution is 0.107. The highest BCUT2D eigenvalue weighted by Gasteiger charge is 2.23. The van der Waals surface area contributed by atoms with E-state index in [1.54, 1.807) is 0 Å². The zero-order chi connectivity index (χ0) is 18.2. The molecule has 3 aromatic rings. The van der Waals surface area contributed by atoms with Crippen LogP contribution < -0.4 is 10.6 Å². The molecule has 0 atom stereocenters. The Morgan fingerprint density at radius 2 is 1.23 bits per heavy atom. The van der Waals surface area contributed by atoms with Gasteiger partial charge in [-0.25, -0.2) is 0 Å². The molecule has 0 saturated carbocycles. The maximum atomic E-state index is 13.1. The van der Waals surface area contributed by atoms with Gasteiger partial charge in [0.1, 0.15) is 0 Å². The van der Waals surface area contributed by atoms with Crippen molar-refractivity contribution in [2.75, 3.05) is 6.16 Å². The van der Waals surface area contributed by atoms with Crippen LogP contribution in [0.2, 0.25) is 0 Å². The molecule has 0 saturated heterocycles. The van der Waals surface area contributed by atoms with Crippen molar-refractivity contribution in [1.82, 2.24) is 0 Å². The van der Waals surface area contributed by atoms with Crippen molar-refractivity contribution < 1.29 is 4.79 Å². The first-order chi connectivity index (χ1) is 12.8. The Kier molecular flexibility index (Phi) is 6.26. The normalized spacial score (nSPS) is 11.1. The van der Waals surface area contributed by atoms with Gasteiger partial charge in [0.2, 0.25) is 0 Å². The van der Waals surface area contributed by atoms with Crippen LogP contribution in [0.4, 0.5) is 0 Å². The van der Waals surface area contributed by atoms with Gasteiger partial charge in [-0.1, -0.05) is 104 Å². The molecule has 3 rings (SSSR count). The van der Waals surface area contributed by atoms with Gasteiger partial charge in [0.25, 0.3) is 0 Å². The first-order valence-electron chi connectivity index (χ1n) is 9.20. The minimum absolute atomic E-state index is 0.128. The molecule has 0 radical (unpaired) electrons. The van der Waals surface area contributed by atoms with Gasteiger partial charge in [-0.3, -0.25) is 4.79 Å². The maximum absolute atomic E-state index is 13.1. The van der Waals surface area contributed by atoms with Gasteiger partial charge in [0.05, 0.1) is 0 Å². The molecular weight excluding hydrogens is 335 g/mol. The molecule has 0 aliphatic carbocycles. The SMILES string of the molecule is CCCCP(=CC(=O)c1ccccc1)(c1ccccc1)c1ccccc1. The second kappa shape index (κ2) is 8.83. The van der Waals surface area contributed by atoms with Crippen molar-refractivity contribution in [1.29, 1.82) is 0 Å². The molecule has 3 aromatic carbocycles. The molecule has 0 amide bonds. The third-order valence-corrected chi connectivity index (χ3v) is 8.83. The number of ketones is 1. The fourth-order valence-corrected chi connectivity index (χ4v) is 7.31. The summed E-state index contributed by atoms with van der Waals surface area (Å²) in [7, 11) is 0. The number of carbonyl (C=O) groups is 1. The summed E-state index contributed by atoms with van der Waals surface area (Å²) in [5, 5.41) is 2.56. The number of carbonyl (C=O) groups excluding carboxylic acids is 1. The van der Waals surface area contributed by atoms with Crippen LogP contribution in [-0.2, 0) is 0 Å². The lowest BCUT2D eigenvalue weighted by atomic mass is 10.2. The third-order valence-electron chi connectivity index (χ3n) is 4.69. The maximum Gasteiger partial charge on any atom is 0.186 e. The minimum atomic E-state index is -1.91. The van der Waals surface area contributed by atoms with Gasteiger partial charge in [-0.15, -0.1) is 0 Å². The molecule has 132 valence electrons. The summed E-state index contributed by atoms with van der Waals surface area (Å²) < 4.78 is 0. The lowest BCUT2D eigenvalue weighted by Crippen LogP contribution is -2.23. The van der Waals surface area contributed by atoms with Gasteiger partial charge in [-0.2, -0.15) is 0 Å². The molecule has 26 heavy (non-hydrogen) atoms. The van der Waals surface area contributed by atoms with Crippen molar-refractivity contribution >= 4 is 29.1 Å². The zero-order valence-electron chi connectivity index (χ0n) is 15.2. The predicted molar refractivity (Wildman–Crippen MR) is 116 cm³/mol. The summed E-state index contributed by atoms with van der Waals surface area (Å²) in [6.45, 7) is 0.298. The molecule has 0 fully saturated rings. The summed E-state index contributed by atoms with van der Waals surface area (Å²) in [4.78, 5) is 13.1. The van der Waals surface area contributed by atoms with Crippen molar-refractivity contribution in [3.8, 4) is 0 Å². The summed E-state index contributed by atoms with van der Waals surface area (Å²) in [5.74, 6) is 2.17. The zero-order valence-corrected chi connectivity index (χ0v) is 16.1. The van der Waals surface area contributed by atoms with E-state index < -0.39 is 6.89 Å². The van der Waals surface area contributed by atoms with Crippen LogP contribution in [0, 0.1) is 0 Å². The van der Waals surface area contributed by atoms with Crippen molar-refractivity contribution in [3.05, 3.63) is 96.6 Å². The number of benzene rings is 3. The molecule has 1 nitrogen and oxygen atoms in total. The van der Waals surface area contributed by atoms with Gasteiger partial charge >= 0.3 is 0 Å². The summed E-state index contributed by atoms with van der Waals surface area (Å²) in [5.41, 5.74) is 0.764. The summed E-state index contributed by atoms with van der Waals surface area (Å²) in [6, 6.07) is 30.8. The lowest BCUT2D eigenvalue weighted by Gasteiger charge is -2.27. The minimum Gasteiger partial charge on any atom is -0.289 e. The second-order valence-corrected chi connectivity index (χ2v) is 9.95. The molecular formula is C24H25OP. The van der Waals surface area contributed by atoms with Crippen molar-refractivity contribution in [2.45, 2.75) is 19.8 Å². The number of hydrogen-bond acceptors (Lipinski definition) is 1. The summed E-state index contributed by atoms with van der Waals surface area (Å²) >= 11 is 0. The van der Waals surface area contributed by atoms with E-state index in [0.29, 0.717) is 0 Å². The Hall–Kier alpha value is -2.37. The highest BCUT2D eigenvalue weighted by atomic mass is 31.2. The Balaban J connectivity index is 2.23. The first kappa shape index (κ1) is 18.4. The molecule has 0 N–H and O–H groups in total. The van der Waals surface area contributed by atoms with E-state index in [0.717, 1.165) is 24.6 Å². The number of Topliss-reactive ketones (excluding diaryl/α,β-unsaturated/α-hetero) is 1. The fourth-order valence-electron chi connectivity index (χ4n) is 3.29. The molecule has 0 aliphatic rings. The first-order valence-corrected chi connectivity index (χ1v) is 11.2. The second-order valence-electron chi connectivity index (χ2n) is 6.48. The highest BCUT2D eigenvalue weighted by Crippen LogP contribution is 2.45. The van der Waals surface area contributed by atoms with Crippen LogP contribution in [0.15, 0.2) is 91.0 Å². The van der Waals surface area contributed by atoms with Crippen LogP contribution in [0.3, 0.4) is 0 Å². The summed E-state index contributed by atoms with van der Waals surface area (Å²) in [6.07, 6.45) is 3.25. The Morgan fingerprint density at radius 1 is 0.769 bits per heavy atom. The van der Waals surface area contributed by atoms with Crippen LogP contribution in [-0.4, -0.2) is 17.7 Å². The van der Waals surface area contributed by atoms with Gasteiger partial charge in [-0.05, 0) is 35.9 Å². The Bertz CT molecular complexity index is 840. The molecule has 0 aromatic heterocycles. The van der Waals surface area contributed by atoms with Crippen LogP contribution in [0.1, 0.15) is 30.1 Å². The van der Waals surface area contributed by atoms with E-state index in [1.807, 2.05) is 48.3 Å². The van der Waals surface area contributed by atoms with Crippen molar-refractivity contribution in [3.63, 3.8) is 0 Å². The monoisotopic (exact) mass is 360 g/mol. The Morgan fingerprint density at radius 3 is 1.69 bits per heavy atom. The largest absolute Gasteiger partial charge is 0.289 e. The molecule has 0 spiro atoms. The molecule has 0 bridgehead atoms. The van der Waals surface area contributed by atoms with E-state index >= 15 is 0 Å². The smallest absolute Gasteiger partial charge is 0.186 e. The Labute approximate surface area is 156 Å². The average Bonchev–Trinajstić information content (AvgIpc) is 2.73. The number of unbranched alkanes of at least 4 members (excludes halogenated alkanes) is 1. The number of hydrogen-bond donors (Lipinski definition) is 0. The molecule has 0 unspecified atom stereocenters. The highest BCUT2D eigenvalue weighted by molar-refractivity contribution is 7.89. The molecule has 2 heteroatoms. The van der Waals surface area contributed by atoms with Crippen molar-refractivity contribution in [2.24, 2.45) is 0 Å². The standard InChI is InChI=1S/C24H25OP/c1-2-3-19-26(22-15-9-5-10-16-22,23-17-11-6-12-18-23)20-24(25)21-13-7-4-8-14-21/h4-18,20H,2-3,19H2,1H3.